The van der Waals surface area contributed by atoms with Crippen molar-refractivity contribution in [2.75, 3.05) is 6.61 Å². The number of aromatic nitrogens is 4. The maximum absolute atomic E-state index is 14.1. The summed E-state index contributed by atoms with van der Waals surface area (Å²) in [6.45, 7) is 0.491. The van der Waals surface area contributed by atoms with E-state index in [1.54, 1.807) is 23.0 Å². The minimum Gasteiger partial charge on any atom is -0.508 e. The van der Waals surface area contributed by atoms with E-state index in [4.69, 9.17) is 5.11 Å². The highest BCUT2D eigenvalue weighted by atomic mass is 19.1. The van der Waals surface area contributed by atoms with E-state index in [2.05, 4.69) is 15.3 Å². The van der Waals surface area contributed by atoms with Crippen molar-refractivity contribution in [2.45, 2.75) is 6.54 Å². The number of fused-ring (bicyclic) bond motifs is 1. The maximum Gasteiger partial charge on any atom is 0.131 e. The lowest BCUT2D eigenvalue weighted by atomic mass is 10.0. The molecule has 4 rings (SSSR count). The van der Waals surface area contributed by atoms with Crippen molar-refractivity contribution >= 4 is 23.1 Å². The van der Waals surface area contributed by atoms with Gasteiger partial charge in [0, 0.05) is 22.7 Å². The Kier molecular flexibility index (Phi) is 4.43. The number of aliphatic hydroxyl groups excluding tert-OH is 1. The van der Waals surface area contributed by atoms with Gasteiger partial charge in [-0.15, -0.1) is 0 Å². The number of phenolic OH excluding ortho intramolecular Hbond substituents is 1. The standard InChI is InChI=1S/C20H17FN4O2/c21-18-5-3-15(27)10-17(18)14-2-4-16-19(23-24-20(16)9-14)6-1-13-11-22-25(12-13)7-8-26/h1-6,9-12,26-27H,7-8H2,(H,23,24)/b6-1+. The number of aromatic amines is 1. The first-order valence-electron chi connectivity index (χ1n) is 8.42. The number of nitrogens with zero attached hydrogens (tertiary/aromatic N) is 3. The third kappa shape index (κ3) is 3.45. The van der Waals surface area contributed by atoms with E-state index in [9.17, 15) is 9.50 Å². The Labute approximate surface area is 154 Å². The van der Waals surface area contributed by atoms with E-state index >= 15 is 0 Å². The molecule has 0 bridgehead atoms. The van der Waals surface area contributed by atoms with Gasteiger partial charge in [-0.3, -0.25) is 9.78 Å². The molecule has 0 aliphatic heterocycles. The van der Waals surface area contributed by atoms with Crippen LogP contribution in [0.1, 0.15) is 11.3 Å². The van der Waals surface area contributed by atoms with Crippen molar-refractivity contribution in [3.63, 3.8) is 0 Å². The van der Waals surface area contributed by atoms with Gasteiger partial charge in [0.2, 0.25) is 0 Å². The Morgan fingerprint density at radius 2 is 2.04 bits per heavy atom. The Bertz CT molecular complexity index is 1130. The molecule has 7 heteroatoms. The predicted octanol–water partition coefficient (Wildman–Crippen LogP) is 3.43. The molecule has 2 aromatic heterocycles. The average molecular weight is 364 g/mol. The topological polar surface area (TPSA) is 87.0 Å². The normalized spacial score (nSPS) is 11.6. The number of hydrogen-bond acceptors (Lipinski definition) is 4. The Morgan fingerprint density at radius 1 is 1.15 bits per heavy atom. The molecule has 136 valence electrons. The van der Waals surface area contributed by atoms with Crippen LogP contribution in [0.4, 0.5) is 4.39 Å². The molecule has 0 saturated heterocycles. The molecule has 2 heterocycles. The maximum atomic E-state index is 14.1. The van der Waals surface area contributed by atoms with Crippen LogP contribution in [0.2, 0.25) is 0 Å². The van der Waals surface area contributed by atoms with Crippen LogP contribution in [0.5, 0.6) is 5.75 Å². The number of rotatable bonds is 5. The molecule has 0 radical (unpaired) electrons. The van der Waals surface area contributed by atoms with Crippen molar-refractivity contribution in [2.24, 2.45) is 0 Å². The van der Waals surface area contributed by atoms with E-state index < -0.39 is 5.82 Å². The third-order valence-electron chi connectivity index (χ3n) is 4.27. The molecule has 2 aromatic carbocycles. The zero-order valence-corrected chi connectivity index (χ0v) is 14.3. The second-order valence-corrected chi connectivity index (χ2v) is 6.13. The number of aromatic hydroxyl groups is 1. The first kappa shape index (κ1) is 17.0. The molecular weight excluding hydrogens is 347 g/mol. The van der Waals surface area contributed by atoms with Crippen LogP contribution in [-0.4, -0.2) is 36.8 Å². The molecule has 0 atom stereocenters. The largest absolute Gasteiger partial charge is 0.508 e. The van der Waals surface area contributed by atoms with Crippen LogP contribution in [-0.2, 0) is 6.54 Å². The molecule has 0 spiro atoms. The minimum absolute atomic E-state index is 0.0153. The molecule has 0 aliphatic rings. The molecule has 0 aliphatic carbocycles. The fraction of sp³-hybridized carbons (Fsp3) is 0.100. The van der Waals surface area contributed by atoms with Crippen molar-refractivity contribution in [3.8, 4) is 16.9 Å². The van der Waals surface area contributed by atoms with Crippen molar-refractivity contribution in [1.82, 2.24) is 20.0 Å². The number of hydrogen-bond donors (Lipinski definition) is 3. The van der Waals surface area contributed by atoms with Gasteiger partial charge < -0.3 is 10.2 Å². The second-order valence-electron chi connectivity index (χ2n) is 6.13. The predicted molar refractivity (Wildman–Crippen MR) is 101 cm³/mol. The van der Waals surface area contributed by atoms with Crippen LogP contribution >= 0.6 is 0 Å². The summed E-state index contributed by atoms with van der Waals surface area (Å²) >= 11 is 0. The zero-order valence-electron chi connectivity index (χ0n) is 14.3. The Morgan fingerprint density at radius 3 is 2.89 bits per heavy atom. The van der Waals surface area contributed by atoms with E-state index in [1.807, 2.05) is 24.4 Å². The molecule has 27 heavy (non-hydrogen) atoms. The first-order valence-corrected chi connectivity index (χ1v) is 8.42. The summed E-state index contributed by atoms with van der Waals surface area (Å²) in [5.41, 5.74) is 3.41. The Balaban J connectivity index is 1.64. The van der Waals surface area contributed by atoms with Crippen LogP contribution < -0.4 is 0 Å². The number of halogens is 1. The molecule has 0 amide bonds. The second kappa shape index (κ2) is 7.05. The van der Waals surface area contributed by atoms with Crippen molar-refractivity contribution < 1.29 is 14.6 Å². The summed E-state index contributed by atoms with van der Waals surface area (Å²) in [5, 5.41) is 30.9. The molecular formula is C20H17FN4O2. The van der Waals surface area contributed by atoms with Gasteiger partial charge in [0.15, 0.2) is 0 Å². The highest BCUT2D eigenvalue weighted by Crippen LogP contribution is 2.29. The molecule has 6 nitrogen and oxygen atoms in total. The molecule has 4 aromatic rings. The average Bonchev–Trinajstić information content (AvgIpc) is 3.28. The lowest BCUT2D eigenvalue weighted by Crippen LogP contribution is -2.01. The number of aliphatic hydroxyl groups is 1. The molecule has 0 unspecified atom stereocenters. The van der Waals surface area contributed by atoms with Crippen molar-refractivity contribution in [3.05, 3.63) is 65.9 Å². The number of H-pyrrole nitrogens is 1. The summed E-state index contributed by atoms with van der Waals surface area (Å²) in [4.78, 5) is 0. The lowest BCUT2D eigenvalue weighted by molar-refractivity contribution is 0.269. The van der Waals surface area contributed by atoms with Gasteiger partial charge >= 0.3 is 0 Å². The van der Waals surface area contributed by atoms with Crippen LogP contribution in [0.15, 0.2) is 48.8 Å². The van der Waals surface area contributed by atoms with Crippen molar-refractivity contribution in [1.29, 1.82) is 0 Å². The number of nitrogens with one attached hydrogen (secondary N) is 1. The fourth-order valence-electron chi connectivity index (χ4n) is 2.94. The van der Waals surface area contributed by atoms with E-state index in [0.717, 1.165) is 22.2 Å². The summed E-state index contributed by atoms with van der Waals surface area (Å²) in [5.74, 6) is -0.381. The summed E-state index contributed by atoms with van der Waals surface area (Å²) in [7, 11) is 0. The van der Waals surface area contributed by atoms with E-state index in [1.165, 1.54) is 18.2 Å². The highest BCUT2D eigenvalue weighted by molar-refractivity contribution is 5.92. The Hall–Kier alpha value is -3.45. The first-order chi connectivity index (χ1) is 13.1. The SMILES string of the molecule is OCCn1cc(/C=C/c2n[nH]c3cc(-c4cc(O)ccc4F)ccc23)cn1. The molecule has 0 saturated carbocycles. The highest BCUT2D eigenvalue weighted by Gasteiger charge is 2.09. The number of phenols is 1. The van der Waals surface area contributed by atoms with Gasteiger partial charge in [0.25, 0.3) is 0 Å². The van der Waals surface area contributed by atoms with Crippen LogP contribution in [0, 0.1) is 5.82 Å². The minimum atomic E-state index is -0.397. The monoisotopic (exact) mass is 364 g/mol. The van der Waals surface area contributed by atoms with Crippen LogP contribution in [0.25, 0.3) is 34.2 Å². The van der Waals surface area contributed by atoms with Gasteiger partial charge in [0.05, 0.1) is 30.6 Å². The fourth-order valence-corrected chi connectivity index (χ4v) is 2.94. The summed E-state index contributed by atoms with van der Waals surface area (Å²) < 4.78 is 15.7. The quantitative estimate of drug-likeness (QED) is 0.506. The van der Waals surface area contributed by atoms with Gasteiger partial charge in [-0.25, -0.2) is 4.39 Å². The van der Waals surface area contributed by atoms with Gasteiger partial charge in [0.1, 0.15) is 11.6 Å². The summed E-state index contributed by atoms with van der Waals surface area (Å²) in [6, 6.07) is 9.43. The smallest absolute Gasteiger partial charge is 0.131 e. The lowest BCUT2D eigenvalue weighted by Gasteiger charge is -2.04. The van der Waals surface area contributed by atoms with Gasteiger partial charge in [-0.05, 0) is 48.0 Å². The zero-order chi connectivity index (χ0) is 18.8. The van der Waals surface area contributed by atoms with E-state index in [-0.39, 0.29) is 12.4 Å². The number of benzene rings is 2. The molecule has 0 fully saturated rings. The van der Waals surface area contributed by atoms with E-state index in [0.29, 0.717) is 17.7 Å². The van der Waals surface area contributed by atoms with Crippen LogP contribution in [0.3, 0.4) is 0 Å². The third-order valence-corrected chi connectivity index (χ3v) is 4.27. The van der Waals surface area contributed by atoms with Gasteiger partial charge in [-0.1, -0.05) is 6.07 Å². The van der Waals surface area contributed by atoms with Gasteiger partial charge in [-0.2, -0.15) is 10.2 Å². The molecule has 3 N–H and O–H groups in total. The summed E-state index contributed by atoms with van der Waals surface area (Å²) in [6.07, 6.45) is 7.31.